The van der Waals surface area contributed by atoms with Crippen molar-refractivity contribution in [1.82, 2.24) is 0 Å². The topological polar surface area (TPSA) is 49.4 Å². The maximum atomic E-state index is 11.5. The highest BCUT2D eigenvalue weighted by atomic mass is 16.2. The Labute approximate surface area is 87.9 Å². The second kappa shape index (κ2) is 3.73. The van der Waals surface area contributed by atoms with Gasteiger partial charge in [-0.15, -0.1) is 0 Å². The number of hydrogen-bond donors (Lipinski definition) is 1. The van der Waals surface area contributed by atoms with Gasteiger partial charge in [-0.1, -0.05) is 6.07 Å². The van der Waals surface area contributed by atoms with Gasteiger partial charge in [0, 0.05) is 25.6 Å². The number of amides is 2. The molecule has 2 rings (SSSR count). The Morgan fingerprint density at radius 3 is 2.47 bits per heavy atom. The van der Waals surface area contributed by atoms with Gasteiger partial charge in [0.1, 0.15) is 0 Å². The fraction of sp³-hybridized carbons (Fsp3) is 0.273. The van der Waals surface area contributed by atoms with Crippen LogP contribution < -0.4 is 10.2 Å². The van der Waals surface area contributed by atoms with E-state index < -0.39 is 0 Å². The third-order valence-corrected chi connectivity index (χ3v) is 2.44. The average molecular weight is 204 g/mol. The van der Waals surface area contributed by atoms with Crippen LogP contribution >= 0.6 is 0 Å². The lowest BCUT2D eigenvalue weighted by Crippen LogP contribution is -2.28. The standard InChI is InChI=1S/C11H12N2O2/c1-12-8-3-2-4-9(7-8)13-10(14)5-6-11(13)15/h2-4,7,12H,5-6H2,1H3. The van der Waals surface area contributed by atoms with E-state index in [1.165, 1.54) is 4.90 Å². The fourth-order valence-corrected chi connectivity index (χ4v) is 1.67. The summed E-state index contributed by atoms with van der Waals surface area (Å²) in [7, 11) is 1.80. The molecule has 4 nitrogen and oxygen atoms in total. The Morgan fingerprint density at radius 1 is 1.20 bits per heavy atom. The Hall–Kier alpha value is -1.84. The van der Waals surface area contributed by atoms with Gasteiger partial charge in [-0.25, -0.2) is 0 Å². The lowest BCUT2D eigenvalue weighted by Gasteiger charge is -2.14. The fourth-order valence-electron chi connectivity index (χ4n) is 1.67. The summed E-state index contributed by atoms with van der Waals surface area (Å²) < 4.78 is 0. The van der Waals surface area contributed by atoms with E-state index in [9.17, 15) is 9.59 Å². The van der Waals surface area contributed by atoms with Crippen molar-refractivity contribution in [2.24, 2.45) is 0 Å². The average Bonchev–Trinajstić information content (AvgIpc) is 2.59. The molecular weight excluding hydrogens is 192 g/mol. The molecule has 2 amide bonds. The van der Waals surface area contributed by atoms with Gasteiger partial charge in [0.05, 0.1) is 5.69 Å². The van der Waals surface area contributed by atoms with Crippen molar-refractivity contribution in [2.45, 2.75) is 12.8 Å². The van der Waals surface area contributed by atoms with Crippen LogP contribution in [0, 0.1) is 0 Å². The van der Waals surface area contributed by atoms with E-state index in [4.69, 9.17) is 0 Å². The van der Waals surface area contributed by atoms with E-state index in [0.29, 0.717) is 18.5 Å². The molecule has 0 spiro atoms. The van der Waals surface area contributed by atoms with E-state index >= 15 is 0 Å². The molecule has 0 bridgehead atoms. The number of imide groups is 1. The Morgan fingerprint density at radius 2 is 1.87 bits per heavy atom. The monoisotopic (exact) mass is 204 g/mol. The summed E-state index contributed by atoms with van der Waals surface area (Å²) in [6.45, 7) is 0. The summed E-state index contributed by atoms with van der Waals surface area (Å²) in [5, 5.41) is 2.97. The summed E-state index contributed by atoms with van der Waals surface area (Å²) in [6, 6.07) is 7.26. The quantitative estimate of drug-likeness (QED) is 0.740. The van der Waals surface area contributed by atoms with Gasteiger partial charge in [0.2, 0.25) is 11.8 Å². The van der Waals surface area contributed by atoms with Crippen molar-refractivity contribution in [1.29, 1.82) is 0 Å². The summed E-state index contributed by atoms with van der Waals surface area (Å²) in [5.41, 5.74) is 1.54. The molecule has 1 saturated heterocycles. The van der Waals surface area contributed by atoms with Crippen molar-refractivity contribution >= 4 is 23.2 Å². The van der Waals surface area contributed by atoms with Crippen LogP contribution in [0.4, 0.5) is 11.4 Å². The molecular formula is C11H12N2O2. The van der Waals surface area contributed by atoms with Gasteiger partial charge in [-0.05, 0) is 18.2 Å². The molecule has 1 heterocycles. The summed E-state index contributed by atoms with van der Waals surface area (Å²) >= 11 is 0. The van der Waals surface area contributed by atoms with Crippen LogP contribution in [0.15, 0.2) is 24.3 Å². The van der Waals surface area contributed by atoms with Gasteiger partial charge < -0.3 is 5.32 Å². The van der Waals surface area contributed by atoms with Crippen molar-refractivity contribution in [3.8, 4) is 0 Å². The van der Waals surface area contributed by atoms with Gasteiger partial charge in [0.15, 0.2) is 0 Å². The van der Waals surface area contributed by atoms with Crippen molar-refractivity contribution in [3.05, 3.63) is 24.3 Å². The predicted octanol–water partition coefficient (Wildman–Crippen LogP) is 1.38. The van der Waals surface area contributed by atoms with Crippen molar-refractivity contribution in [2.75, 3.05) is 17.3 Å². The highest BCUT2D eigenvalue weighted by molar-refractivity contribution is 6.19. The third kappa shape index (κ3) is 1.70. The number of carbonyl (C=O) groups is 2. The smallest absolute Gasteiger partial charge is 0.234 e. The van der Waals surface area contributed by atoms with Crippen molar-refractivity contribution < 1.29 is 9.59 Å². The molecule has 0 aromatic heterocycles. The second-order valence-corrected chi connectivity index (χ2v) is 3.42. The van der Waals surface area contributed by atoms with Gasteiger partial charge in [-0.3, -0.25) is 14.5 Å². The maximum Gasteiger partial charge on any atom is 0.234 e. The first-order valence-electron chi connectivity index (χ1n) is 4.86. The first-order valence-corrected chi connectivity index (χ1v) is 4.86. The molecule has 1 aromatic carbocycles. The minimum atomic E-state index is -0.117. The van der Waals surface area contributed by atoms with Crippen molar-refractivity contribution in [3.63, 3.8) is 0 Å². The van der Waals surface area contributed by atoms with Crippen LogP contribution in [0.2, 0.25) is 0 Å². The minimum Gasteiger partial charge on any atom is -0.388 e. The Kier molecular flexibility index (Phi) is 2.41. The zero-order chi connectivity index (χ0) is 10.8. The highest BCUT2D eigenvalue weighted by Crippen LogP contribution is 2.24. The molecule has 0 unspecified atom stereocenters. The van der Waals surface area contributed by atoms with Crippen LogP contribution in [-0.2, 0) is 9.59 Å². The number of rotatable bonds is 2. The normalized spacial score (nSPS) is 15.9. The number of hydrogen-bond acceptors (Lipinski definition) is 3. The molecule has 0 atom stereocenters. The van der Waals surface area contributed by atoms with Gasteiger partial charge in [-0.2, -0.15) is 0 Å². The molecule has 1 fully saturated rings. The van der Waals surface area contributed by atoms with Gasteiger partial charge >= 0.3 is 0 Å². The number of nitrogens with one attached hydrogen (secondary N) is 1. The third-order valence-electron chi connectivity index (χ3n) is 2.44. The molecule has 1 N–H and O–H groups in total. The molecule has 1 aliphatic rings. The summed E-state index contributed by atoms with van der Waals surface area (Å²) in [4.78, 5) is 24.2. The Bertz CT molecular complexity index is 399. The first-order chi connectivity index (χ1) is 7.22. The van der Waals surface area contributed by atoms with Crippen LogP contribution in [0.5, 0.6) is 0 Å². The van der Waals surface area contributed by atoms with Crippen LogP contribution in [0.3, 0.4) is 0 Å². The second-order valence-electron chi connectivity index (χ2n) is 3.42. The largest absolute Gasteiger partial charge is 0.388 e. The zero-order valence-corrected chi connectivity index (χ0v) is 8.49. The molecule has 4 heteroatoms. The lowest BCUT2D eigenvalue weighted by atomic mass is 10.2. The molecule has 15 heavy (non-hydrogen) atoms. The van der Waals surface area contributed by atoms with Crippen LogP contribution in [0.1, 0.15) is 12.8 Å². The molecule has 1 aromatic rings. The summed E-state index contributed by atoms with van der Waals surface area (Å²) in [5.74, 6) is -0.235. The molecule has 0 radical (unpaired) electrons. The molecule has 0 saturated carbocycles. The lowest BCUT2D eigenvalue weighted by molar-refractivity contribution is -0.121. The first kappa shape index (κ1) is 9.71. The number of benzene rings is 1. The summed E-state index contributed by atoms with van der Waals surface area (Å²) in [6.07, 6.45) is 0.644. The number of nitrogens with zero attached hydrogens (tertiary/aromatic N) is 1. The zero-order valence-electron chi connectivity index (χ0n) is 8.49. The number of anilines is 2. The molecule has 1 aliphatic heterocycles. The van der Waals surface area contributed by atoms with E-state index in [1.54, 1.807) is 19.2 Å². The SMILES string of the molecule is CNc1cccc(N2C(=O)CCC2=O)c1. The van der Waals surface area contributed by atoms with Crippen LogP contribution in [-0.4, -0.2) is 18.9 Å². The number of carbonyl (C=O) groups excluding carboxylic acids is 2. The van der Waals surface area contributed by atoms with Gasteiger partial charge in [0.25, 0.3) is 0 Å². The van der Waals surface area contributed by atoms with E-state index in [-0.39, 0.29) is 11.8 Å². The van der Waals surface area contributed by atoms with E-state index in [2.05, 4.69) is 5.32 Å². The van der Waals surface area contributed by atoms with E-state index in [1.807, 2.05) is 12.1 Å². The Balaban J connectivity index is 2.36. The van der Waals surface area contributed by atoms with E-state index in [0.717, 1.165) is 5.69 Å². The van der Waals surface area contributed by atoms with Crippen LogP contribution in [0.25, 0.3) is 0 Å². The highest BCUT2D eigenvalue weighted by Gasteiger charge is 2.30. The molecule has 0 aliphatic carbocycles. The maximum absolute atomic E-state index is 11.5. The minimum absolute atomic E-state index is 0.117. The predicted molar refractivity (Wildman–Crippen MR) is 57.7 cm³/mol. The molecule has 78 valence electrons.